The number of aromatic hydroxyl groups is 2. The molecule has 42 heteroatoms. The number of rotatable bonds is 53. The van der Waals surface area contributed by atoms with Crippen LogP contribution >= 0.6 is 0 Å². The molecule has 0 radical (unpaired) electrons. The Balaban J connectivity index is 1.98. The number of carbonyl (C=O) groups excluding carboxylic acids is 14. The molecule has 3 aromatic rings. The minimum atomic E-state index is -1.87. The van der Waals surface area contributed by atoms with Crippen molar-refractivity contribution in [3.63, 3.8) is 0 Å². The average Bonchev–Trinajstić information content (AvgIpc) is 0.910. The molecule has 654 valence electrons. The van der Waals surface area contributed by atoms with Crippen LogP contribution < -0.4 is 110 Å². The summed E-state index contributed by atoms with van der Waals surface area (Å²) in [6.45, 7) is 15.9. The minimum absolute atomic E-state index is 0.0200. The number of guanidine groups is 3. The zero-order chi connectivity index (χ0) is 88.6. The molecule has 0 saturated carbocycles. The first-order chi connectivity index (χ1) is 55.5. The van der Waals surface area contributed by atoms with Gasteiger partial charge in [0, 0.05) is 57.7 Å². The van der Waals surface area contributed by atoms with Gasteiger partial charge in [0.2, 0.25) is 82.7 Å². The Morgan fingerprint density at radius 2 is 0.712 bits per heavy atom. The number of primary amides is 2. The third kappa shape index (κ3) is 37.0. The number of phenols is 2. The monoisotopic (exact) mass is 1660 g/mol. The molecule has 0 unspecified atom stereocenters. The van der Waals surface area contributed by atoms with Crippen LogP contribution in [0.2, 0.25) is 0 Å². The molecule has 1 heterocycles. The van der Waals surface area contributed by atoms with Gasteiger partial charge in [0.1, 0.15) is 84.0 Å². The van der Waals surface area contributed by atoms with Crippen molar-refractivity contribution >= 4 is 101 Å². The quantitative estimate of drug-likeness (QED) is 0.0143. The number of imidazole rings is 1. The molecule has 2 aromatic carbocycles. The van der Waals surface area contributed by atoms with E-state index < -0.39 is 180 Å². The zero-order valence-corrected chi connectivity index (χ0v) is 68.6. The van der Waals surface area contributed by atoms with Gasteiger partial charge in [0.25, 0.3) is 0 Å². The van der Waals surface area contributed by atoms with Gasteiger partial charge in [-0.1, -0.05) is 92.5 Å². The fourth-order valence-electron chi connectivity index (χ4n) is 12.1. The maximum atomic E-state index is 14.8. The van der Waals surface area contributed by atoms with Gasteiger partial charge in [-0.05, 0) is 117 Å². The second kappa shape index (κ2) is 50.8. The molecule has 0 saturated heterocycles. The molecule has 32 N–H and O–H groups in total. The number of aliphatic hydroxyl groups is 1. The van der Waals surface area contributed by atoms with E-state index in [1.165, 1.54) is 68.0 Å². The third-order valence-corrected chi connectivity index (χ3v) is 18.8. The molecule has 0 fully saturated rings. The fraction of sp³-hybridized carbons (Fsp3) is 0.579. The third-order valence-electron chi connectivity index (χ3n) is 18.8. The van der Waals surface area contributed by atoms with Gasteiger partial charge >= 0.3 is 0 Å². The Kier molecular flexibility index (Phi) is 43.0. The number of nitrogens with one attached hydrogen (secondary N) is 13. The van der Waals surface area contributed by atoms with Gasteiger partial charge in [-0.2, -0.15) is 0 Å². The summed E-state index contributed by atoms with van der Waals surface area (Å²) in [4.78, 5) is 216. The first-order valence-electron chi connectivity index (χ1n) is 39.1. The van der Waals surface area contributed by atoms with Crippen molar-refractivity contribution in [2.75, 3.05) is 19.6 Å². The molecule has 1 aromatic heterocycles. The number of hydrogen-bond acceptors (Lipinski definition) is 21. The molecule has 0 aliphatic rings. The SMILES string of the molecule is CC[C@H](C)[C@H](NC(=O)[C@H](Cc1ccc(O)cc1)NC(=O)[C@H](Cc1cnc[nH]1)NC(=O)[C@H](CCCN=C(N)N)NC(C)=O)C(=O)N[C@@H](CC(N)=O)C(=O)N[C@@H](CC(C)C)C(=O)N[C@H](C(=O)N[C@H](C(=O)N[C@@H](CCCN=C(N)N)C(=O)N[C@@H](CC(C)C)C(=O)N[C@@H](CCCN=C(N)N)C(=O)N[C@@H](Cc1ccc(O)cc1)C(N)=O)[C@@H](C)O)[C@@H](C)CC. The van der Waals surface area contributed by atoms with Crippen molar-refractivity contribution in [3.8, 4) is 11.5 Å². The van der Waals surface area contributed by atoms with Crippen molar-refractivity contribution in [1.29, 1.82) is 0 Å². The normalized spacial score (nSPS) is 14.9. The lowest BCUT2D eigenvalue weighted by molar-refractivity contribution is -0.138. The van der Waals surface area contributed by atoms with Crippen molar-refractivity contribution in [3.05, 3.63) is 77.9 Å². The summed E-state index contributed by atoms with van der Waals surface area (Å²) in [7, 11) is 0. The second-order valence-electron chi connectivity index (χ2n) is 29.9. The van der Waals surface area contributed by atoms with E-state index in [-0.39, 0.29) is 144 Å². The van der Waals surface area contributed by atoms with Gasteiger partial charge in [0.15, 0.2) is 17.9 Å². The first-order valence-corrected chi connectivity index (χ1v) is 39.1. The van der Waals surface area contributed by atoms with Crippen molar-refractivity contribution in [1.82, 2.24) is 73.8 Å². The van der Waals surface area contributed by atoms with Crippen molar-refractivity contribution in [2.24, 2.45) is 84.5 Å². The summed E-state index contributed by atoms with van der Waals surface area (Å²) in [6.07, 6.45) is -0.0780. The number of aromatic nitrogens is 2. The number of aliphatic imine (C=N–C) groups is 3. The molecule has 15 atom stereocenters. The highest BCUT2D eigenvalue weighted by Gasteiger charge is 2.40. The summed E-state index contributed by atoms with van der Waals surface area (Å²) in [6, 6.07) is -6.71. The van der Waals surface area contributed by atoms with Gasteiger partial charge in [-0.25, -0.2) is 4.98 Å². The lowest BCUT2D eigenvalue weighted by atomic mass is 9.95. The van der Waals surface area contributed by atoms with E-state index in [2.05, 4.69) is 88.7 Å². The van der Waals surface area contributed by atoms with Crippen LogP contribution in [0.25, 0.3) is 0 Å². The molecule has 0 spiro atoms. The molecule has 3 rings (SSSR count). The van der Waals surface area contributed by atoms with Crippen LogP contribution in [-0.2, 0) is 86.4 Å². The number of amides is 14. The fourth-order valence-corrected chi connectivity index (χ4v) is 12.1. The van der Waals surface area contributed by atoms with Crippen molar-refractivity contribution < 1.29 is 82.4 Å². The molecule has 42 nitrogen and oxygen atoms in total. The maximum absolute atomic E-state index is 14.8. The Bertz CT molecular complexity index is 3910. The number of aromatic amines is 1. The molecule has 14 amide bonds. The number of nitrogens with two attached hydrogens (primary N) is 8. The van der Waals surface area contributed by atoms with E-state index in [0.717, 1.165) is 6.92 Å². The van der Waals surface area contributed by atoms with E-state index in [4.69, 9.17) is 45.9 Å². The van der Waals surface area contributed by atoms with Gasteiger partial charge in [-0.15, -0.1) is 0 Å². The van der Waals surface area contributed by atoms with E-state index >= 15 is 0 Å². The molecule has 0 aliphatic carbocycles. The maximum Gasteiger partial charge on any atom is 0.245 e. The molecular formula is C76H123N25O17. The van der Waals surface area contributed by atoms with E-state index in [1.807, 2.05) is 0 Å². The summed E-state index contributed by atoms with van der Waals surface area (Å²) in [5.74, 6) is -16.3. The number of phenolic OH excluding ortho intramolecular Hbond substituents is 2. The number of H-pyrrole nitrogens is 1. The lowest BCUT2D eigenvalue weighted by Gasteiger charge is -2.31. The lowest BCUT2D eigenvalue weighted by Crippen LogP contribution is -2.63. The van der Waals surface area contributed by atoms with Crippen LogP contribution in [0.4, 0.5) is 0 Å². The average molecular weight is 1660 g/mol. The Morgan fingerprint density at radius 1 is 0.398 bits per heavy atom. The summed E-state index contributed by atoms with van der Waals surface area (Å²) in [5.41, 5.74) is 45.9. The Morgan fingerprint density at radius 3 is 1.08 bits per heavy atom. The van der Waals surface area contributed by atoms with Crippen LogP contribution in [-0.4, -0.2) is 224 Å². The number of benzene rings is 2. The van der Waals surface area contributed by atoms with Crippen LogP contribution in [0.3, 0.4) is 0 Å². The van der Waals surface area contributed by atoms with Gasteiger partial charge < -0.3 is 130 Å². The first kappa shape index (κ1) is 99.8. The molecule has 0 aliphatic heterocycles. The summed E-state index contributed by atoms with van der Waals surface area (Å²) < 4.78 is 0. The molecular weight excluding hydrogens is 1530 g/mol. The highest BCUT2D eigenvalue weighted by Crippen LogP contribution is 2.19. The molecule has 118 heavy (non-hydrogen) atoms. The topological polar surface area (TPSA) is 718 Å². The number of nitrogens with zero attached hydrogens (tertiary/aromatic N) is 4. The van der Waals surface area contributed by atoms with Crippen LogP contribution in [0.1, 0.15) is 157 Å². The van der Waals surface area contributed by atoms with Crippen LogP contribution in [0.5, 0.6) is 11.5 Å². The van der Waals surface area contributed by atoms with Crippen LogP contribution in [0, 0.1) is 23.7 Å². The predicted molar refractivity (Wildman–Crippen MR) is 437 cm³/mol. The van der Waals surface area contributed by atoms with E-state index in [1.54, 1.807) is 55.4 Å². The standard InChI is InChI=1S/C76H123N25O17/c1-11-40(7)59(99-70(115)55(33-45-21-25-48(105)26-22-45)96-67(112)56(34-46-36-85-37-89-46)97-63(108)49(90-43(10)103)16-13-27-86-74(79)80)71(116)98-57(35-58(77)106)68(113)95-54(31-39(5)6)69(114)100-60(41(8)12-2)72(117)101-61(42(9)102)73(118)92-51(18-15-29-88-76(83)84)65(110)94-53(30-38(3)4)66(111)91-50(17-14-28-87-75(81)82)64(109)93-52(62(78)107)32-44-19-23-47(104)24-20-44/h19-26,36-42,49-57,59-61,102,104-105H,11-18,27-35H2,1-10H3,(H2,77,106)(H2,78,107)(H,85,89)(H,90,103)(H,91,111)(H,92,118)(H,93,109)(H,94,110)(H,95,113)(H,96,112)(H,97,108)(H,98,116)(H,99,115)(H,100,114)(H,101,117)(H4,79,80,86)(H4,81,82,87)(H4,83,84,88)/t40-,41-,42+,49-,50-,51-,52-,53-,54-,55-,56-,57-,59-,60-,61-/m0/s1. The summed E-state index contributed by atoms with van der Waals surface area (Å²) >= 11 is 0. The highest BCUT2D eigenvalue weighted by atomic mass is 16.3. The van der Waals surface area contributed by atoms with Gasteiger partial charge in [0.05, 0.1) is 18.9 Å². The summed E-state index contributed by atoms with van der Waals surface area (Å²) in [5, 5.41) is 62.4. The van der Waals surface area contributed by atoms with Crippen LogP contribution in [0.15, 0.2) is 76.0 Å². The largest absolute Gasteiger partial charge is 0.508 e. The van der Waals surface area contributed by atoms with E-state index in [0.29, 0.717) is 16.8 Å². The van der Waals surface area contributed by atoms with Gasteiger partial charge in [-0.3, -0.25) is 82.1 Å². The second-order valence-corrected chi connectivity index (χ2v) is 29.9. The van der Waals surface area contributed by atoms with Crippen molar-refractivity contribution in [2.45, 2.75) is 238 Å². The Labute approximate surface area is 685 Å². The number of aliphatic hydroxyl groups excluding tert-OH is 1. The Hall–Kier alpha value is -12.4. The van der Waals surface area contributed by atoms with E-state index in [9.17, 15) is 82.4 Å². The number of carbonyl (C=O) groups is 14. The predicted octanol–water partition coefficient (Wildman–Crippen LogP) is -5.23. The molecule has 0 bridgehead atoms. The smallest absolute Gasteiger partial charge is 0.245 e. The zero-order valence-electron chi connectivity index (χ0n) is 68.6. The minimum Gasteiger partial charge on any atom is -0.508 e. The highest BCUT2D eigenvalue weighted by molar-refractivity contribution is 6.01. The number of hydrogen-bond donors (Lipinski definition) is 24.